The smallest absolute Gasteiger partial charge is 0.392 e. The molecule has 0 aliphatic carbocycles. The minimum Gasteiger partial charge on any atom is -0.392 e. The van der Waals surface area contributed by atoms with E-state index in [4.69, 9.17) is 17.3 Å². The Hall–Kier alpha value is -1.24. The Kier molecular flexibility index (Phi) is 2.70. The molecule has 14 heavy (non-hydrogen) atoms. The Morgan fingerprint density at radius 1 is 1.43 bits per heavy atom. The van der Waals surface area contributed by atoms with Gasteiger partial charge in [0, 0.05) is 0 Å². The van der Waals surface area contributed by atoms with E-state index in [2.05, 4.69) is 9.72 Å². The molecule has 0 aliphatic rings. The van der Waals surface area contributed by atoms with Crippen molar-refractivity contribution in [3.63, 3.8) is 0 Å². The number of nitrogen functional groups attached to an aromatic ring is 1. The molecule has 0 spiro atoms. The van der Waals surface area contributed by atoms with Crippen molar-refractivity contribution in [3.05, 3.63) is 17.0 Å². The SMILES string of the molecule is Nc1c(OC(F)(F)F)ncc(Cl)c1F. The molecule has 1 aromatic rings. The van der Waals surface area contributed by atoms with Gasteiger partial charge in [-0.3, -0.25) is 0 Å². The van der Waals surface area contributed by atoms with E-state index < -0.39 is 28.8 Å². The molecule has 0 saturated heterocycles. The Bertz CT molecular complexity index is 354. The Morgan fingerprint density at radius 2 is 2.00 bits per heavy atom. The quantitative estimate of drug-likeness (QED) is 0.754. The number of alkyl halides is 3. The van der Waals surface area contributed by atoms with Crippen LogP contribution >= 0.6 is 11.6 Å². The van der Waals surface area contributed by atoms with E-state index >= 15 is 0 Å². The van der Waals surface area contributed by atoms with Gasteiger partial charge in [-0.05, 0) is 0 Å². The fraction of sp³-hybridized carbons (Fsp3) is 0.167. The van der Waals surface area contributed by atoms with Gasteiger partial charge in [-0.25, -0.2) is 9.37 Å². The highest BCUT2D eigenvalue weighted by Gasteiger charge is 2.33. The first-order chi connectivity index (χ1) is 6.31. The molecular formula is C6H3ClF4N2O. The zero-order valence-electron chi connectivity index (χ0n) is 6.40. The number of anilines is 1. The zero-order valence-corrected chi connectivity index (χ0v) is 7.16. The fourth-order valence-electron chi connectivity index (χ4n) is 0.655. The van der Waals surface area contributed by atoms with Gasteiger partial charge in [-0.2, -0.15) is 0 Å². The van der Waals surface area contributed by atoms with E-state index in [0.717, 1.165) is 0 Å². The molecule has 0 saturated carbocycles. The van der Waals surface area contributed by atoms with E-state index in [1.165, 1.54) is 0 Å². The Labute approximate surface area is 80.4 Å². The predicted molar refractivity (Wildman–Crippen MR) is 40.3 cm³/mol. The molecule has 0 radical (unpaired) electrons. The van der Waals surface area contributed by atoms with Crippen LogP contribution in [0.5, 0.6) is 5.88 Å². The molecule has 0 aromatic carbocycles. The van der Waals surface area contributed by atoms with Crippen LogP contribution in [-0.2, 0) is 0 Å². The molecule has 0 unspecified atom stereocenters. The lowest BCUT2D eigenvalue weighted by Crippen LogP contribution is -2.19. The van der Waals surface area contributed by atoms with Crippen molar-refractivity contribution < 1.29 is 22.3 Å². The first kappa shape index (κ1) is 10.8. The summed E-state index contributed by atoms with van der Waals surface area (Å²) in [5.74, 6) is -2.25. The fourth-order valence-corrected chi connectivity index (χ4v) is 0.806. The molecular weight excluding hydrogens is 228 g/mol. The maximum atomic E-state index is 12.8. The van der Waals surface area contributed by atoms with E-state index in [-0.39, 0.29) is 0 Å². The van der Waals surface area contributed by atoms with Crippen molar-refractivity contribution in [1.82, 2.24) is 4.98 Å². The van der Waals surface area contributed by atoms with Crippen LogP contribution in [0.1, 0.15) is 0 Å². The van der Waals surface area contributed by atoms with Gasteiger partial charge in [0.25, 0.3) is 0 Å². The molecule has 3 nitrogen and oxygen atoms in total. The summed E-state index contributed by atoms with van der Waals surface area (Å²) in [6.45, 7) is 0. The third kappa shape index (κ3) is 2.38. The predicted octanol–water partition coefficient (Wildman–Crippen LogP) is 2.35. The molecule has 0 atom stereocenters. The first-order valence-electron chi connectivity index (χ1n) is 3.16. The van der Waals surface area contributed by atoms with Crippen LogP contribution in [-0.4, -0.2) is 11.3 Å². The third-order valence-corrected chi connectivity index (χ3v) is 1.45. The second-order valence-electron chi connectivity index (χ2n) is 2.19. The highest BCUT2D eigenvalue weighted by atomic mass is 35.5. The number of ether oxygens (including phenoxy) is 1. The topological polar surface area (TPSA) is 48.1 Å². The number of halogens is 5. The number of hydrogen-bond acceptors (Lipinski definition) is 3. The molecule has 1 heterocycles. The molecule has 78 valence electrons. The van der Waals surface area contributed by atoms with Crippen LogP contribution in [0.3, 0.4) is 0 Å². The third-order valence-electron chi connectivity index (χ3n) is 1.18. The summed E-state index contributed by atoms with van der Waals surface area (Å²) in [4.78, 5) is 3.08. The van der Waals surface area contributed by atoms with Crippen LogP contribution in [0.25, 0.3) is 0 Å². The summed E-state index contributed by atoms with van der Waals surface area (Å²) in [6.07, 6.45) is -4.30. The van der Waals surface area contributed by atoms with E-state index in [1.807, 2.05) is 0 Å². The number of pyridine rings is 1. The molecule has 8 heteroatoms. The van der Waals surface area contributed by atoms with Gasteiger partial charge >= 0.3 is 6.36 Å². The average Bonchev–Trinajstić information content (AvgIpc) is 2.04. The Balaban J connectivity index is 3.06. The second kappa shape index (κ2) is 3.49. The molecule has 1 rings (SSSR count). The monoisotopic (exact) mass is 230 g/mol. The standard InChI is InChI=1S/C6H3ClF4N2O/c7-2-1-13-5(4(12)3(2)8)14-6(9,10)11/h1H,12H2. The summed E-state index contributed by atoms with van der Waals surface area (Å²) in [7, 11) is 0. The number of nitrogens with two attached hydrogens (primary N) is 1. The highest BCUT2D eigenvalue weighted by Crippen LogP contribution is 2.30. The minimum absolute atomic E-state index is 0.475. The summed E-state index contributed by atoms with van der Waals surface area (Å²) in [5.41, 5.74) is 4.06. The molecule has 0 amide bonds. The van der Waals surface area contributed by atoms with Gasteiger partial charge < -0.3 is 10.5 Å². The lowest BCUT2D eigenvalue weighted by atomic mass is 10.4. The lowest BCUT2D eigenvalue weighted by Gasteiger charge is -2.10. The average molecular weight is 231 g/mol. The largest absolute Gasteiger partial charge is 0.574 e. The zero-order chi connectivity index (χ0) is 10.9. The normalized spacial score (nSPS) is 11.5. The number of hydrogen-bond donors (Lipinski definition) is 1. The van der Waals surface area contributed by atoms with Gasteiger partial charge in [0.15, 0.2) is 5.82 Å². The van der Waals surface area contributed by atoms with Gasteiger partial charge in [0.05, 0.1) is 11.2 Å². The second-order valence-corrected chi connectivity index (χ2v) is 2.59. The molecule has 2 N–H and O–H groups in total. The van der Waals surface area contributed by atoms with E-state index in [0.29, 0.717) is 6.20 Å². The van der Waals surface area contributed by atoms with Crippen LogP contribution in [0.4, 0.5) is 23.2 Å². The van der Waals surface area contributed by atoms with Gasteiger partial charge in [-0.1, -0.05) is 11.6 Å². The van der Waals surface area contributed by atoms with E-state index in [1.54, 1.807) is 0 Å². The minimum atomic E-state index is -4.97. The van der Waals surface area contributed by atoms with Crippen LogP contribution < -0.4 is 10.5 Å². The highest BCUT2D eigenvalue weighted by molar-refractivity contribution is 6.30. The summed E-state index contributed by atoms with van der Waals surface area (Å²) in [6, 6.07) is 0. The number of rotatable bonds is 1. The van der Waals surface area contributed by atoms with Gasteiger partial charge in [0.1, 0.15) is 5.69 Å². The van der Waals surface area contributed by atoms with Crippen molar-refractivity contribution in [2.45, 2.75) is 6.36 Å². The van der Waals surface area contributed by atoms with Crippen molar-refractivity contribution in [2.75, 3.05) is 5.73 Å². The summed E-state index contributed by atoms with van der Waals surface area (Å²) < 4.78 is 51.2. The van der Waals surface area contributed by atoms with Crippen molar-refractivity contribution in [1.29, 1.82) is 0 Å². The summed E-state index contributed by atoms with van der Waals surface area (Å²) >= 11 is 5.20. The molecule has 1 aromatic heterocycles. The molecule has 0 bridgehead atoms. The molecule has 0 aliphatic heterocycles. The maximum absolute atomic E-state index is 12.8. The number of nitrogens with zero attached hydrogens (tertiary/aromatic N) is 1. The lowest BCUT2D eigenvalue weighted by molar-refractivity contribution is -0.275. The van der Waals surface area contributed by atoms with Crippen LogP contribution in [0.2, 0.25) is 5.02 Å². The van der Waals surface area contributed by atoms with Crippen molar-refractivity contribution >= 4 is 17.3 Å². The van der Waals surface area contributed by atoms with Crippen molar-refractivity contribution in [3.8, 4) is 5.88 Å². The van der Waals surface area contributed by atoms with Crippen molar-refractivity contribution in [2.24, 2.45) is 0 Å². The molecule has 0 fully saturated rings. The summed E-state index contributed by atoms with van der Waals surface area (Å²) in [5, 5.41) is -0.475. The van der Waals surface area contributed by atoms with E-state index in [9.17, 15) is 17.6 Å². The maximum Gasteiger partial charge on any atom is 0.574 e. The first-order valence-corrected chi connectivity index (χ1v) is 3.54. The number of aromatic nitrogens is 1. The van der Waals surface area contributed by atoms with Crippen LogP contribution in [0.15, 0.2) is 6.20 Å². The van der Waals surface area contributed by atoms with Gasteiger partial charge in [0.2, 0.25) is 5.88 Å². The van der Waals surface area contributed by atoms with Crippen LogP contribution in [0, 0.1) is 5.82 Å². The van der Waals surface area contributed by atoms with Gasteiger partial charge in [-0.15, -0.1) is 13.2 Å². The Morgan fingerprint density at radius 3 is 2.50 bits per heavy atom.